The van der Waals surface area contributed by atoms with E-state index in [2.05, 4.69) is 31.9 Å². The molecule has 0 aromatic heterocycles. The number of amides is 7. The highest BCUT2D eigenvalue weighted by molar-refractivity contribution is 6.18. The van der Waals surface area contributed by atoms with Gasteiger partial charge in [-0.25, -0.2) is 4.79 Å². The number of likely N-dealkylation sites (N-methyl/N-ethyl adjacent to an activating group) is 1. The second-order valence-corrected chi connectivity index (χ2v) is 19.4. The highest BCUT2D eigenvalue weighted by Gasteiger charge is 2.42. The lowest BCUT2D eigenvalue weighted by molar-refractivity contribution is -0.160. The lowest BCUT2D eigenvalue weighted by Gasteiger charge is -2.34. The van der Waals surface area contributed by atoms with Crippen LogP contribution in [0.25, 0.3) is 0 Å². The van der Waals surface area contributed by atoms with E-state index < -0.39 is 156 Å². The van der Waals surface area contributed by atoms with Crippen molar-refractivity contribution in [3.05, 3.63) is 77.9 Å². The van der Waals surface area contributed by atoms with Crippen molar-refractivity contribution in [2.45, 2.75) is 134 Å². The van der Waals surface area contributed by atoms with Gasteiger partial charge < -0.3 is 66.3 Å². The molecule has 0 spiro atoms. The Balaban J connectivity index is 2.03. The van der Waals surface area contributed by atoms with Gasteiger partial charge in [-0.05, 0) is 61.9 Å². The first-order chi connectivity index (χ1) is 34.8. The zero-order valence-electron chi connectivity index (χ0n) is 43.0. The number of rotatable bonds is 10. The standard InChI is InChI=1S/C51H70ClN7O15/c1-10-27(4)39-46(66)58-42-33-16-18-34(19-17-33)74-31(8)51(71,25-52)21-20-37(61)53-23-38(62)72-24-35(50(70)73-30(7)41(48(68)55-39)57-44(64)28(5)43(63)26(2)3)54-47(67)40(29(6)60)56-45(65)36(59(9)49(42)69)22-32-14-12-11-13-15-32/h11-21,26-31,35-36,39-43,60,63,71H,10,22-25H2,1-9H3,(H,53,61)(H,54,67)(H,55,68)(H,56,65)(H,57,64)(H,58,66)/b21-20-/t27-,28+,29+,30+,31+,35-,36-,39+,40+,41-,42-,43+,51+/m1/s1. The molecule has 3 aliphatic rings. The Morgan fingerprint density at radius 3 is 2.05 bits per heavy atom. The number of carbonyl (C=O) groups is 9. The van der Waals surface area contributed by atoms with Crippen LogP contribution in [0.1, 0.15) is 79.0 Å². The number of nitrogens with one attached hydrogen (secondary N) is 6. The van der Waals surface area contributed by atoms with Gasteiger partial charge in [-0.2, -0.15) is 0 Å². The van der Waals surface area contributed by atoms with Crippen molar-refractivity contribution in [3.63, 3.8) is 0 Å². The van der Waals surface area contributed by atoms with Gasteiger partial charge in [-0.3, -0.25) is 38.4 Å². The van der Waals surface area contributed by atoms with Gasteiger partial charge in [0.2, 0.25) is 41.4 Å². The zero-order chi connectivity index (χ0) is 55.2. The van der Waals surface area contributed by atoms with Crippen LogP contribution in [0.5, 0.6) is 5.75 Å². The van der Waals surface area contributed by atoms with E-state index in [-0.39, 0.29) is 24.2 Å². The second-order valence-electron chi connectivity index (χ2n) is 19.1. The fraction of sp³-hybridized carbons (Fsp3) is 0.549. The van der Waals surface area contributed by atoms with Gasteiger partial charge in [0.1, 0.15) is 66.9 Å². The van der Waals surface area contributed by atoms with Crippen LogP contribution < -0.4 is 36.6 Å². The highest BCUT2D eigenvalue weighted by Crippen LogP contribution is 2.26. The van der Waals surface area contributed by atoms with E-state index in [1.54, 1.807) is 58.0 Å². The minimum atomic E-state index is -1.98. The molecule has 0 saturated carbocycles. The van der Waals surface area contributed by atoms with Crippen molar-refractivity contribution >= 4 is 64.9 Å². The van der Waals surface area contributed by atoms with Gasteiger partial charge in [0.05, 0.1) is 24.0 Å². The predicted octanol–water partition coefficient (Wildman–Crippen LogP) is -0.156. The average molecular weight is 1060 g/mol. The van der Waals surface area contributed by atoms with Gasteiger partial charge in [-0.15, -0.1) is 11.6 Å². The Bertz CT molecular complexity index is 2360. The van der Waals surface area contributed by atoms with Crippen LogP contribution in [0.4, 0.5) is 0 Å². The molecule has 3 heterocycles. The quantitative estimate of drug-likeness (QED) is 0.110. The maximum atomic E-state index is 15.2. The number of fused-ring (bicyclic) bond motifs is 11. The Kier molecular flexibility index (Phi) is 21.9. The van der Waals surface area contributed by atoms with E-state index in [0.29, 0.717) is 5.56 Å². The van der Waals surface area contributed by atoms with Crippen molar-refractivity contribution in [1.29, 1.82) is 0 Å². The fourth-order valence-electron chi connectivity index (χ4n) is 7.90. The molecule has 0 unspecified atom stereocenters. The molecule has 2 aromatic rings. The Hall–Kier alpha value is -6.62. The SMILES string of the molecule is CC[C@@H](C)[C@@H]1NC(=O)[C@H](NC(=O)[C@@H](C)[C@@H](O)C(C)C)[C@H](C)OC(=O)[C@H]2COC(=O)CNC(=O)/C=C\[C@](O)(CCl)[C@H](C)Oc3ccc(cc3)[C@@H](NC1=O)C(=O)N(C)[C@H](Cc1ccccc1)C(=O)N[C@@H]([C@H](C)O)C(=O)N2. The summed E-state index contributed by atoms with van der Waals surface area (Å²) in [5.74, 6) is -11.8. The molecule has 23 heteroatoms. The van der Waals surface area contributed by atoms with Crippen LogP contribution in [0.2, 0.25) is 0 Å². The molecule has 7 amide bonds. The molecule has 1 fully saturated rings. The summed E-state index contributed by atoms with van der Waals surface area (Å²) in [7, 11) is 1.29. The molecule has 22 nitrogen and oxygen atoms in total. The summed E-state index contributed by atoms with van der Waals surface area (Å²) < 4.78 is 17.0. The number of alkyl halides is 1. The van der Waals surface area contributed by atoms with E-state index in [1.807, 2.05) is 0 Å². The third-order valence-corrected chi connectivity index (χ3v) is 13.6. The molecule has 0 radical (unpaired) electrons. The molecule has 5 rings (SSSR count). The minimum Gasteiger partial charge on any atom is -0.487 e. The van der Waals surface area contributed by atoms with E-state index in [1.165, 1.54) is 52.1 Å². The van der Waals surface area contributed by atoms with Crippen LogP contribution >= 0.6 is 11.6 Å². The lowest BCUT2D eigenvalue weighted by atomic mass is 9.93. The normalized spacial score (nSPS) is 28.5. The Labute approximate surface area is 435 Å². The number of cyclic esters (lactones) is 1. The van der Waals surface area contributed by atoms with Crippen molar-refractivity contribution < 1.29 is 72.7 Å². The zero-order valence-corrected chi connectivity index (χ0v) is 43.7. The molecule has 74 heavy (non-hydrogen) atoms. The summed E-state index contributed by atoms with van der Waals surface area (Å²) in [6.45, 7) is 10.2. The minimum absolute atomic E-state index is 0.133. The van der Waals surface area contributed by atoms with Crippen molar-refractivity contribution in [3.8, 4) is 5.75 Å². The summed E-state index contributed by atoms with van der Waals surface area (Å²) in [6, 6.07) is 4.00. The Morgan fingerprint density at radius 1 is 0.838 bits per heavy atom. The van der Waals surface area contributed by atoms with E-state index in [9.17, 15) is 53.7 Å². The molecule has 13 atom stereocenters. The average Bonchev–Trinajstić information content (AvgIpc) is 3.37. The maximum Gasteiger partial charge on any atom is 0.332 e. The maximum absolute atomic E-state index is 15.2. The van der Waals surface area contributed by atoms with Gasteiger partial charge in [0.15, 0.2) is 6.04 Å². The molecule has 406 valence electrons. The van der Waals surface area contributed by atoms with Gasteiger partial charge in [0, 0.05) is 19.5 Å². The number of carbonyl (C=O) groups excluding carboxylic acids is 9. The number of hydrogen-bond donors (Lipinski definition) is 9. The van der Waals surface area contributed by atoms with Crippen LogP contribution in [-0.4, -0.2) is 160 Å². The van der Waals surface area contributed by atoms with Gasteiger partial charge in [0.25, 0.3) is 0 Å². The molecule has 1 saturated heterocycles. The van der Waals surface area contributed by atoms with E-state index in [4.69, 9.17) is 25.8 Å². The van der Waals surface area contributed by atoms with Crippen LogP contribution in [0.15, 0.2) is 66.7 Å². The molecule has 3 aliphatic heterocycles. The summed E-state index contributed by atoms with van der Waals surface area (Å²) in [4.78, 5) is 128. The third-order valence-electron chi connectivity index (χ3n) is 13.1. The first kappa shape index (κ1) is 59.9. The summed E-state index contributed by atoms with van der Waals surface area (Å²) in [6.07, 6.45) is -3.61. The number of aliphatic hydroxyl groups excluding tert-OH is 2. The van der Waals surface area contributed by atoms with E-state index in [0.717, 1.165) is 24.0 Å². The van der Waals surface area contributed by atoms with Crippen molar-refractivity contribution in [2.75, 3.05) is 26.1 Å². The Morgan fingerprint density at radius 2 is 1.46 bits per heavy atom. The number of hydrogen-bond acceptors (Lipinski definition) is 15. The van der Waals surface area contributed by atoms with Crippen molar-refractivity contribution in [2.24, 2.45) is 17.8 Å². The predicted molar refractivity (Wildman–Crippen MR) is 267 cm³/mol. The topological polar surface area (TPSA) is 317 Å². The second kappa shape index (κ2) is 27.1. The number of benzene rings is 2. The van der Waals surface area contributed by atoms with Gasteiger partial charge >= 0.3 is 11.9 Å². The molecule has 4 bridgehead atoms. The number of aliphatic hydroxyl groups is 3. The third kappa shape index (κ3) is 15.9. The molecular formula is C51H70ClN7O15. The van der Waals surface area contributed by atoms with Crippen LogP contribution in [0.3, 0.4) is 0 Å². The van der Waals surface area contributed by atoms with Crippen LogP contribution in [-0.2, 0) is 59.0 Å². The lowest BCUT2D eigenvalue weighted by Crippen LogP contribution is -2.61. The van der Waals surface area contributed by atoms with Gasteiger partial charge in [-0.1, -0.05) is 83.5 Å². The summed E-state index contributed by atoms with van der Waals surface area (Å²) in [5.41, 5.74) is -1.28. The smallest absolute Gasteiger partial charge is 0.332 e. The summed E-state index contributed by atoms with van der Waals surface area (Å²) in [5, 5.41) is 48.3. The first-order valence-electron chi connectivity index (χ1n) is 24.4. The molecule has 0 aliphatic carbocycles. The van der Waals surface area contributed by atoms with E-state index >= 15 is 4.79 Å². The monoisotopic (exact) mass is 1060 g/mol. The largest absolute Gasteiger partial charge is 0.487 e. The number of nitrogens with zero attached hydrogens (tertiary/aromatic N) is 1. The fourth-order valence-corrected chi connectivity index (χ4v) is 8.20. The molecule has 2 aromatic carbocycles. The summed E-state index contributed by atoms with van der Waals surface area (Å²) >= 11 is 6.17. The molecular weight excluding hydrogens is 986 g/mol. The molecule has 9 N–H and O–H groups in total. The van der Waals surface area contributed by atoms with Crippen molar-refractivity contribution in [1.82, 2.24) is 36.8 Å². The number of esters is 2. The number of ether oxygens (including phenoxy) is 3. The van der Waals surface area contributed by atoms with Crippen LogP contribution in [0, 0.1) is 17.8 Å². The highest BCUT2D eigenvalue weighted by atomic mass is 35.5. The first-order valence-corrected chi connectivity index (χ1v) is 24.9. The number of halogens is 1.